The Morgan fingerprint density at radius 2 is 2.13 bits per heavy atom. The second kappa shape index (κ2) is 3.62. The van der Waals surface area contributed by atoms with Gasteiger partial charge in [0, 0.05) is 0 Å². The van der Waals surface area contributed by atoms with Crippen LogP contribution in [0.3, 0.4) is 0 Å². The van der Waals surface area contributed by atoms with Crippen molar-refractivity contribution < 1.29 is 4.39 Å². The molecule has 2 atom stereocenters. The van der Waals surface area contributed by atoms with Gasteiger partial charge in [-0.3, -0.25) is 0 Å². The Kier molecular flexibility index (Phi) is 2.57. The summed E-state index contributed by atoms with van der Waals surface area (Å²) >= 11 is 0. The molecule has 1 aliphatic carbocycles. The molecule has 1 saturated carbocycles. The fourth-order valence-electron chi connectivity index (χ4n) is 2.86. The monoisotopic (exact) mass is 206 g/mol. The van der Waals surface area contributed by atoms with E-state index in [1.807, 2.05) is 19.1 Å². The Hall–Kier alpha value is -0.850. The van der Waals surface area contributed by atoms with Gasteiger partial charge in [-0.1, -0.05) is 32.4 Å². The first-order valence-electron chi connectivity index (χ1n) is 5.90. The lowest BCUT2D eigenvalue weighted by molar-refractivity contribution is 0.566. The maximum Gasteiger partial charge on any atom is 0.126 e. The zero-order valence-corrected chi connectivity index (χ0v) is 9.81. The predicted octanol–water partition coefficient (Wildman–Crippen LogP) is 4.21. The number of aryl methyl sites for hydroxylation is 1. The first kappa shape index (κ1) is 10.7. The van der Waals surface area contributed by atoms with E-state index in [0.29, 0.717) is 5.41 Å². The minimum atomic E-state index is -0.0845. The molecule has 2 unspecified atom stereocenters. The van der Waals surface area contributed by atoms with Gasteiger partial charge in [0.1, 0.15) is 5.82 Å². The van der Waals surface area contributed by atoms with Crippen molar-refractivity contribution in [1.29, 1.82) is 0 Å². The van der Waals surface area contributed by atoms with Crippen molar-refractivity contribution in [1.82, 2.24) is 0 Å². The molecular weight excluding hydrogens is 187 g/mol. The summed E-state index contributed by atoms with van der Waals surface area (Å²) in [4.78, 5) is 0. The SMILES string of the molecule is CCC1CC1(CC)c1ccc(F)c(C)c1. The summed E-state index contributed by atoms with van der Waals surface area (Å²) in [6.45, 7) is 6.35. The number of hydrogen-bond donors (Lipinski definition) is 0. The molecule has 1 heteroatoms. The zero-order valence-electron chi connectivity index (χ0n) is 9.81. The van der Waals surface area contributed by atoms with Crippen molar-refractivity contribution in [2.75, 3.05) is 0 Å². The Morgan fingerprint density at radius 3 is 2.60 bits per heavy atom. The highest BCUT2D eigenvalue weighted by Crippen LogP contribution is 2.58. The van der Waals surface area contributed by atoms with Gasteiger partial charge in [0.05, 0.1) is 0 Å². The van der Waals surface area contributed by atoms with Crippen molar-refractivity contribution >= 4 is 0 Å². The molecule has 0 radical (unpaired) electrons. The first-order valence-corrected chi connectivity index (χ1v) is 5.90. The van der Waals surface area contributed by atoms with Crippen LogP contribution in [0.5, 0.6) is 0 Å². The van der Waals surface area contributed by atoms with Crippen LogP contribution in [0, 0.1) is 18.7 Å². The van der Waals surface area contributed by atoms with Crippen molar-refractivity contribution in [2.45, 2.75) is 45.4 Å². The molecule has 0 nitrogen and oxygen atoms in total. The highest BCUT2D eigenvalue weighted by atomic mass is 19.1. The van der Waals surface area contributed by atoms with Crippen LogP contribution >= 0.6 is 0 Å². The Labute approximate surface area is 91.5 Å². The molecule has 1 fully saturated rings. The highest BCUT2D eigenvalue weighted by Gasteiger charge is 2.52. The third-order valence-corrected chi connectivity index (χ3v) is 4.09. The predicted molar refractivity (Wildman–Crippen MR) is 61.5 cm³/mol. The molecule has 2 rings (SSSR count). The minimum Gasteiger partial charge on any atom is -0.207 e. The van der Waals surface area contributed by atoms with E-state index in [1.165, 1.54) is 24.8 Å². The normalized spacial score (nSPS) is 29.2. The summed E-state index contributed by atoms with van der Waals surface area (Å²) in [5.74, 6) is 0.728. The molecule has 0 N–H and O–H groups in total. The second-order valence-electron chi connectivity index (χ2n) is 4.78. The molecule has 0 aromatic heterocycles. The molecule has 0 amide bonds. The number of rotatable bonds is 3. The molecule has 15 heavy (non-hydrogen) atoms. The van der Waals surface area contributed by atoms with E-state index >= 15 is 0 Å². The average Bonchev–Trinajstić information content (AvgIpc) is 2.97. The van der Waals surface area contributed by atoms with Gasteiger partial charge < -0.3 is 0 Å². The van der Waals surface area contributed by atoms with Gasteiger partial charge >= 0.3 is 0 Å². The third kappa shape index (κ3) is 1.58. The molecule has 0 saturated heterocycles. The van der Waals surface area contributed by atoms with Gasteiger partial charge in [0.25, 0.3) is 0 Å². The van der Waals surface area contributed by atoms with E-state index in [-0.39, 0.29) is 5.82 Å². The van der Waals surface area contributed by atoms with Gasteiger partial charge in [-0.25, -0.2) is 4.39 Å². The summed E-state index contributed by atoms with van der Waals surface area (Å²) in [5, 5.41) is 0. The van der Waals surface area contributed by atoms with E-state index in [1.54, 1.807) is 6.07 Å². The maximum absolute atomic E-state index is 13.2. The molecular formula is C14H19F. The molecule has 1 aromatic rings. The molecule has 1 aliphatic rings. The summed E-state index contributed by atoms with van der Waals surface area (Å²) in [6.07, 6.45) is 3.70. The molecule has 0 heterocycles. The topological polar surface area (TPSA) is 0 Å². The number of halogens is 1. The van der Waals surface area contributed by atoms with Gasteiger partial charge in [0.15, 0.2) is 0 Å². The largest absolute Gasteiger partial charge is 0.207 e. The van der Waals surface area contributed by atoms with Crippen LogP contribution in [-0.4, -0.2) is 0 Å². The molecule has 82 valence electrons. The Balaban J connectivity index is 2.33. The number of hydrogen-bond acceptors (Lipinski definition) is 0. The van der Waals surface area contributed by atoms with E-state index in [4.69, 9.17) is 0 Å². The van der Waals surface area contributed by atoms with Crippen LogP contribution < -0.4 is 0 Å². The van der Waals surface area contributed by atoms with Crippen molar-refractivity contribution in [2.24, 2.45) is 5.92 Å². The highest BCUT2D eigenvalue weighted by molar-refractivity contribution is 5.36. The van der Waals surface area contributed by atoms with Crippen LogP contribution in [0.15, 0.2) is 18.2 Å². The standard InChI is InChI=1S/C14H19F/c1-4-11-9-14(11,5-2)12-6-7-13(15)10(3)8-12/h6-8,11H,4-5,9H2,1-3H3. The van der Waals surface area contributed by atoms with Crippen molar-refractivity contribution in [3.05, 3.63) is 35.1 Å². The van der Waals surface area contributed by atoms with Crippen LogP contribution in [-0.2, 0) is 5.41 Å². The lowest BCUT2D eigenvalue weighted by Gasteiger charge is -2.16. The lowest BCUT2D eigenvalue weighted by atomic mass is 9.89. The van der Waals surface area contributed by atoms with Crippen molar-refractivity contribution in [3.63, 3.8) is 0 Å². The smallest absolute Gasteiger partial charge is 0.126 e. The van der Waals surface area contributed by atoms with E-state index in [0.717, 1.165) is 11.5 Å². The van der Waals surface area contributed by atoms with E-state index < -0.39 is 0 Å². The zero-order chi connectivity index (χ0) is 11.1. The van der Waals surface area contributed by atoms with Gasteiger partial charge in [-0.05, 0) is 48.3 Å². The van der Waals surface area contributed by atoms with Gasteiger partial charge in [-0.15, -0.1) is 0 Å². The van der Waals surface area contributed by atoms with Crippen molar-refractivity contribution in [3.8, 4) is 0 Å². The van der Waals surface area contributed by atoms with Crippen LogP contribution in [0.4, 0.5) is 4.39 Å². The van der Waals surface area contributed by atoms with Gasteiger partial charge in [0.2, 0.25) is 0 Å². The van der Waals surface area contributed by atoms with Crippen LogP contribution in [0.2, 0.25) is 0 Å². The molecule has 0 aliphatic heterocycles. The van der Waals surface area contributed by atoms with Gasteiger partial charge in [-0.2, -0.15) is 0 Å². The quantitative estimate of drug-likeness (QED) is 0.695. The lowest BCUT2D eigenvalue weighted by Crippen LogP contribution is -2.09. The van der Waals surface area contributed by atoms with Crippen LogP contribution in [0.1, 0.15) is 44.2 Å². The van der Waals surface area contributed by atoms with E-state index in [9.17, 15) is 4.39 Å². The first-order chi connectivity index (χ1) is 7.14. The minimum absolute atomic E-state index is 0.0845. The summed E-state index contributed by atoms with van der Waals surface area (Å²) in [6, 6.07) is 5.63. The van der Waals surface area contributed by atoms with Crippen LogP contribution in [0.25, 0.3) is 0 Å². The summed E-state index contributed by atoms with van der Waals surface area (Å²) in [5.41, 5.74) is 2.49. The Morgan fingerprint density at radius 1 is 1.40 bits per heavy atom. The van der Waals surface area contributed by atoms with E-state index in [2.05, 4.69) is 13.8 Å². The molecule has 1 aromatic carbocycles. The fraction of sp³-hybridized carbons (Fsp3) is 0.571. The summed E-state index contributed by atoms with van der Waals surface area (Å²) < 4.78 is 13.2. The fourth-order valence-corrected chi connectivity index (χ4v) is 2.86. The molecule has 0 spiro atoms. The third-order valence-electron chi connectivity index (χ3n) is 4.09. The summed E-state index contributed by atoms with van der Waals surface area (Å²) in [7, 11) is 0. The number of benzene rings is 1. The Bertz CT molecular complexity index is 370. The average molecular weight is 206 g/mol. The second-order valence-corrected chi connectivity index (χ2v) is 4.78. The maximum atomic E-state index is 13.2. The molecule has 0 bridgehead atoms.